The van der Waals surface area contributed by atoms with Crippen LogP contribution in [0.15, 0.2) is 42.7 Å². The third kappa shape index (κ3) is 3.79. The second-order valence-electron chi connectivity index (χ2n) is 6.41. The van der Waals surface area contributed by atoms with Gasteiger partial charge in [0.25, 0.3) is 0 Å². The summed E-state index contributed by atoms with van der Waals surface area (Å²) in [6, 6.07) is 10.6. The smallest absolute Gasteiger partial charge is 0.241 e. The first-order valence-electron chi connectivity index (χ1n) is 8.26. The number of amides is 1. The van der Waals surface area contributed by atoms with Gasteiger partial charge < -0.3 is 5.32 Å². The van der Waals surface area contributed by atoms with Crippen LogP contribution < -0.4 is 5.32 Å². The number of nitrogens with one attached hydrogen (secondary N) is 1. The summed E-state index contributed by atoms with van der Waals surface area (Å²) in [4.78, 5) is 14.9. The Morgan fingerprint density at radius 1 is 1.35 bits per heavy atom. The fourth-order valence-corrected chi connectivity index (χ4v) is 3.04. The number of benzene rings is 1. The van der Waals surface area contributed by atoms with E-state index in [9.17, 15) is 4.79 Å². The monoisotopic (exact) mass is 312 g/mol. The molecule has 2 heterocycles. The number of hydrogen-bond acceptors (Lipinski definition) is 3. The Hall–Kier alpha value is -2.14. The number of carbonyl (C=O) groups is 1. The Kier molecular flexibility index (Phi) is 4.76. The van der Waals surface area contributed by atoms with Crippen molar-refractivity contribution in [1.29, 1.82) is 0 Å². The summed E-state index contributed by atoms with van der Waals surface area (Å²) in [6.45, 7) is 5.93. The van der Waals surface area contributed by atoms with Crippen LogP contribution in [0.4, 0.5) is 5.69 Å². The molecular formula is C18H24N4O. The Morgan fingerprint density at radius 3 is 2.83 bits per heavy atom. The summed E-state index contributed by atoms with van der Waals surface area (Å²) in [7, 11) is 0. The van der Waals surface area contributed by atoms with Crippen LogP contribution in [0.25, 0.3) is 0 Å². The van der Waals surface area contributed by atoms with Crippen LogP contribution in [0.2, 0.25) is 0 Å². The van der Waals surface area contributed by atoms with Crippen LogP contribution in [0.5, 0.6) is 0 Å². The van der Waals surface area contributed by atoms with Gasteiger partial charge in [-0.15, -0.1) is 0 Å². The average Bonchev–Trinajstić information content (AvgIpc) is 3.17. The molecule has 0 bridgehead atoms. The number of rotatable bonds is 5. The number of aromatic nitrogens is 2. The molecule has 1 aliphatic heterocycles. The van der Waals surface area contributed by atoms with Crippen molar-refractivity contribution in [3.05, 3.63) is 48.3 Å². The van der Waals surface area contributed by atoms with E-state index in [1.807, 2.05) is 29.1 Å². The van der Waals surface area contributed by atoms with Gasteiger partial charge in [-0.3, -0.25) is 14.4 Å². The van der Waals surface area contributed by atoms with Crippen molar-refractivity contribution >= 4 is 11.6 Å². The minimum absolute atomic E-state index is 0.0578. The van der Waals surface area contributed by atoms with Gasteiger partial charge in [0, 0.05) is 18.8 Å². The molecule has 1 aromatic heterocycles. The molecule has 1 amide bonds. The zero-order valence-corrected chi connectivity index (χ0v) is 13.8. The van der Waals surface area contributed by atoms with Crippen LogP contribution in [0.1, 0.15) is 38.3 Å². The van der Waals surface area contributed by atoms with Gasteiger partial charge in [-0.1, -0.05) is 30.3 Å². The molecule has 5 nitrogen and oxygen atoms in total. The molecule has 1 atom stereocenters. The molecule has 0 saturated carbocycles. The summed E-state index contributed by atoms with van der Waals surface area (Å²) in [5.41, 5.74) is 2.02. The van der Waals surface area contributed by atoms with Gasteiger partial charge in [0.2, 0.25) is 5.91 Å². The fourth-order valence-electron chi connectivity index (χ4n) is 3.04. The van der Waals surface area contributed by atoms with E-state index >= 15 is 0 Å². The molecule has 122 valence electrons. The molecule has 0 spiro atoms. The van der Waals surface area contributed by atoms with E-state index in [1.54, 1.807) is 6.20 Å². The zero-order chi connectivity index (χ0) is 16.2. The van der Waals surface area contributed by atoms with Crippen LogP contribution in [0, 0.1) is 0 Å². The normalized spacial score (nSPS) is 18.5. The van der Waals surface area contributed by atoms with E-state index in [2.05, 4.69) is 41.3 Å². The third-order valence-electron chi connectivity index (χ3n) is 4.29. The third-order valence-corrected chi connectivity index (χ3v) is 4.29. The first kappa shape index (κ1) is 15.7. The molecule has 3 rings (SSSR count). The van der Waals surface area contributed by atoms with E-state index in [1.165, 1.54) is 5.56 Å². The molecule has 0 radical (unpaired) electrons. The van der Waals surface area contributed by atoms with Crippen molar-refractivity contribution < 1.29 is 4.79 Å². The number of likely N-dealkylation sites (tertiary alicyclic amines) is 1. The van der Waals surface area contributed by atoms with Crippen LogP contribution in [-0.2, 0) is 11.3 Å². The second-order valence-corrected chi connectivity index (χ2v) is 6.41. The standard InChI is InChI=1S/C18H24N4O/c1-14(2)22-13-16(11-19-22)20-18(23)17-9-6-10-21(17)12-15-7-4-3-5-8-15/h3-5,7-8,11,13-14,17H,6,9-10,12H2,1-2H3,(H,20,23)/t17-/m0/s1. The SMILES string of the molecule is CC(C)n1cc(NC(=O)[C@@H]2CCCN2Cc2ccccc2)cn1. The highest BCUT2D eigenvalue weighted by Gasteiger charge is 2.30. The van der Waals surface area contributed by atoms with Crippen molar-refractivity contribution in [3.63, 3.8) is 0 Å². The van der Waals surface area contributed by atoms with Crippen molar-refractivity contribution in [2.75, 3.05) is 11.9 Å². The minimum Gasteiger partial charge on any atom is -0.322 e. The predicted octanol–water partition coefficient (Wildman–Crippen LogP) is 3.07. The maximum Gasteiger partial charge on any atom is 0.241 e. The number of hydrogen-bond donors (Lipinski definition) is 1. The Bertz CT molecular complexity index is 650. The quantitative estimate of drug-likeness (QED) is 0.923. The van der Waals surface area contributed by atoms with Gasteiger partial charge >= 0.3 is 0 Å². The summed E-state index contributed by atoms with van der Waals surface area (Å²) >= 11 is 0. The Morgan fingerprint density at radius 2 is 2.13 bits per heavy atom. The van der Waals surface area contributed by atoms with Crippen molar-refractivity contribution in [2.24, 2.45) is 0 Å². The lowest BCUT2D eigenvalue weighted by molar-refractivity contribution is -0.120. The van der Waals surface area contributed by atoms with E-state index in [0.29, 0.717) is 6.04 Å². The molecule has 1 fully saturated rings. The van der Waals surface area contributed by atoms with Gasteiger partial charge in [-0.05, 0) is 38.8 Å². The van der Waals surface area contributed by atoms with E-state index < -0.39 is 0 Å². The summed E-state index contributed by atoms with van der Waals surface area (Å²) < 4.78 is 1.85. The Balaban J connectivity index is 1.63. The van der Waals surface area contributed by atoms with Gasteiger partial charge in [-0.25, -0.2) is 0 Å². The number of carbonyl (C=O) groups excluding carboxylic acids is 1. The first-order chi connectivity index (χ1) is 11.1. The molecule has 2 aromatic rings. The molecule has 1 aliphatic rings. The Labute approximate surface area is 137 Å². The maximum absolute atomic E-state index is 12.6. The summed E-state index contributed by atoms with van der Waals surface area (Å²) in [5, 5.41) is 7.28. The summed E-state index contributed by atoms with van der Waals surface area (Å²) in [5.74, 6) is 0.0711. The van der Waals surface area contributed by atoms with E-state index in [4.69, 9.17) is 0 Å². The van der Waals surface area contributed by atoms with Gasteiger partial charge in [0.15, 0.2) is 0 Å². The van der Waals surface area contributed by atoms with Gasteiger partial charge in [-0.2, -0.15) is 5.10 Å². The molecule has 1 saturated heterocycles. The lowest BCUT2D eigenvalue weighted by Crippen LogP contribution is -2.39. The highest BCUT2D eigenvalue weighted by atomic mass is 16.2. The number of anilines is 1. The lowest BCUT2D eigenvalue weighted by atomic mass is 10.1. The first-order valence-corrected chi connectivity index (χ1v) is 8.26. The van der Waals surface area contributed by atoms with E-state index in [-0.39, 0.29) is 11.9 Å². The predicted molar refractivity (Wildman–Crippen MR) is 91.1 cm³/mol. The highest BCUT2D eigenvalue weighted by molar-refractivity contribution is 5.94. The van der Waals surface area contributed by atoms with Gasteiger partial charge in [0.1, 0.15) is 0 Å². The second kappa shape index (κ2) is 6.96. The van der Waals surface area contributed by atoms with Crippen molar-refractivity contribution in [2.45, 2.75) is 45.3 Å². The highest BCUT2D eigenvalue weighted by Crippen LogP contribution is 2.21. The lowest BCUT2D eigenvalue weighted by Gasteiger charge is -2.23. The molecular weight excluding hydrogens is 288 g/mol. The molecule has 23 heavy (non-hydrogen) atoms. The number of nitrogens with zero attached hydrogens (tertiary/aromatic N) is 3. The summed E-state index contributed by atoms with van der Waals surface area (Å²) in [6.07, 6.45) is 5.58. The molecule has 0 unspecified atom stereocenters. The van der Waals surface area contributed by atoms with Crippen LogP contribution in [0.3, 0.4) is 0 Å². The van der Waals surface area contributed by atoms with Crippen molar-refractivity contribution in [1.82, 2.24) is 14.7 Å². The molecule has 1 aromatic carbocycles. The molecule has 1 N–H and O–H groups in total. The maximum atomic E-state index is 12.6. The molecule has 0 aliphatic carbocycles. The fraction of sp³-hybridized carbons (Fsp3) is 0.444. The van der Waals surface area contributed by atoms with Crippen LogP contribution in [-0.4, -0.2) is 33.2 Å². The van der Waals surface area contributed by atoms with E-state index in [0.717, 1.165) is 31.6 Å². The topological polar surface area (TPSA) is 50.2 Å². The van der Waals surface area contributed by atoms with Gasteiger partial charge in [0.05, 0.1) is 17.9 Å². The van der Waals surface area contributed by atoms with Crippen LogP contribution >= 0.6 is 0 Å². The van der Waals surface area contributed by atoms with Crippen molar-refractivity contribution in [3.8, 4) is 0 Å². The minimum atomic E-state index is -0.0578. The average molecular weight is 312 g/mol. The largest absolute Gasteiger partial charge is 0.322 e. The molecule has 5 heteroatoms. The zero-order valence-electron chi connectivity index (χ0n) is 13.8.